The van der Waals surface area contributed by atoms with Gasteiger partial charge < -0.3 is 10.2 Å². The SMILES string of the molecule is CCNc1cc(N2CC(C)CC(C)C2)cc([N+](=O)[O-])c1. The first-order chi connectivity index (χ1) is 9.49. The molecule has 1 aliphatic rings. The summed E-state index contributed by atoms with van der Waals surface area (Å²) in [5.74, 6) is 1.25. The molecule has 1 heterocycles. The summed E-state index contributed by atoms with van der Waals surface area (Å²) in [4.78, 5) is 13.0. The fraction of sp³-hybridized carbons (Fsp3) is 0.600. The molecule has 1 aromatic rings. The van der Waals surface area contributed by atoms with E-state index in [0.717, 1.165) is 31.0 Å². The predicted molar refractivity (Wildman–Crippen MR) is 82.4 cm³/mol. The molecule has 0 aliphatic carbocycles. The highest BCUT2D eigenvalue weighted by Crippen LogP contribution is 2.31. The van der Waals surface area contributed by atoms with Gasteiger partial charge in [0.15, 0.2) is 0 Å². The van der Waals surface area contributed by atoms with Crippen LogP contribution in [0.3, 0.4) is 0 Å². The zero-order valence-corrected chi connectivity index (χ0v) is 12.4. The third kappa shape index (κ3) is 3.40. The van der Waals surface area contributed by atoms with Crippen molar-refractivity contribution >= 4 is 17.1 Å². The van der Waals surface area contributed by atoms with Crippen LogP contribution in [-0.4, -0.2) is 24.6 Å². The number of nitrogens with zero attached hydrogens (tertiary/aromatic N) is 2. The first-order valence-corrected chi connectivity index (χ1v) is 7.28. The molecular formula is C15H23N3O2. The van der Waals surface area contributed by atoms with E-state index in [1.54, 1.807) is 12.1 Å². The average molecular weight is 277 g/mol. The van der Waals surface area contributed by atoms with Gasteiger partial charge in [0.25, 0.3) is 5.69 Å². The number of rotatable bonds is 4. The van der Waals surface area contributed by atoms with Gasteiger partial charge in [0.05, 0.1) is 4.92 Å². The van der Waals surface area contributed by atoms with Gasteiger partial charge >= 0.3 is 0 Å². The smallest absolute Gasteiger partial charge is 0.273 e. The lowest BCUT2D eigenvalue weighted by Gasteiger charge is -2.36. The minimum Gasteiger partial charge on any atom is -0.385 e. The molecule has 1 aliphatic heterocycles. The number of piperidine rings is 1. The van der Waals surface area contributed by atoms with Crippen molar-refractivity contribution in [3.05, 3.63) is 28.3 Å². The topological polar surface area (TPSA) is 58.4 Å². The Morgan fingerprint density at radius 1 is 1.30 bits per heavy atom. The van der Waals surface area contributed by atoms with Crippen LogP contribution in [0.15, 0.2) is 18.2 Å². The monoisotopic (exact) mass is 277 g/mol. The van der Waals surface area contributed by atoms with Gasteiger partial charge in [-0.05, 0) is 31.2 Å². The number of hydrogen-bond donors (Lipinski definition) is 1. The van der Waals surface area contributed by atoms with E-state index in [1.165, 1.54) is 6.42 Å². The Balaban J connectivity index is 2.31. The van der Waals surface area contributed by atoms with Gasteiger partial charge in [-0.3, -0.25) is 10.1 Å². The third-order valence-corrected chi connectivity index (χ3v) is 3.73. The molecule has 0 aromatic heterocycles. The van der Waals surface area contributed by atoms with Crippen molar-refractivity contribution in [1.82, 2.24) is 0 Å². The molecule has 1 aromatic carbocycles. The summed E-state index contributed by atoms with van der Waals surface area (Å²) in [7, 11) is 0. The van der Waals surface area contributed by atoms with Crippen LogP contribution in [0.2, 0.25) is 0 Å². The van der Waals surface area contributed by atoms with Crippen LogP contribution in [0.1, 0.15) is 27.2 Å². The van der Waals surface area contributed by atoms with Gasteiger partial charge in [-0.25, -0.2) is 0 Å². The molecule has 1 N–H and O–H groups in total. The summed E-state index contributed by atoms with van der Waals surface area (Å²) in [6, 6.07) is 5.30. The minimum absolute atomic E-state index is 0.157. The summed E-state index contributed by atoms with van der Waals surface area (Å²) >= 11 is 0. The molecule has 2 atom stereocenters. The number of benzene rings is 1. The zero-order valence-electron chi connectivity index (χ0n) is 12.4. The van der Waals surface area contributed by atoms with E-state index in [2.05, 4.69) is 24.1 Å². The number of nitro benzene ring substituents is 1. The van der Waals surface area contributed by atoms with Crippen molar-refractivity contribution < 1.29 is 4.92 Å². The molecule has 2 unspecified atom stereocenters. The van der Waals surface area contributed by atoms with Crippen molar-refractivity contribution in [2.45, 2.75) is 27.2 Å². The second-order valence-electron chi connectivity index (χ2n) is 5.88. The Bertz CT molecular complexity index is 480. The van der Waals surface area contributed by atoms with Gasteiger partial charge in [-0.1, -0.05) is 13.8 Å². The van der Waals surface area contributed by atoms with Gasteiger partial charge in [0, 0.05) is 43.1 Å². The maximum Gasteiger partial charge on any atom is 0.273 e. The number of non-ortho nitro benzene ring substituents is 1. The third-order valence-electron chi connectivity index (χ3n) is 3.73. The quantitative estimate of drug-likeness (QED) is 0.676. The second-order valence-corrected chi connectivity index (χ2v) is 5.88. The molecule has 0 bridgehead atoms. The Morgan fingerprint density at radius 2 is 1.95 bits per heavy atom. The van der Waals surface area contributed by atoms with Crippen molar-refractivity contribution in [3.63, 3.8) is 0 Å². The molecular weight excluding hydrogens is 254 g/mol. The summed E-state index contributed by atoms with van der Waals surface area (Å²) in [5.41, 5.74) is 1.93. The van der Waals surface area contributed by atoms with Crippen molar-refractivity contribution in [2.75, 3.05) is 29.9 Å². The molecule has 20 heavy (non-hydrogen) atoms. The van der Waals surface area contributed by atoms with E-state index < -0.39 is 0 Å². The maximum atomic E-state index is 11.1. The zero-order chi connectivity index (χ0) is 14.7. The predicted octanol–water partition coefficient (Wildman–Crippen LogP) is 3.51. The van der Waals surface area contributed by atoms with Crippen LogP contribution in [0.5, 0.6) is 0 Å². The van der Waals surface area contributed by atoms with Crippen LogP contribution in [-0.2, 0) is 0 Å². The molecule has 0 spiro atoms. The molecule has 2 rings (SSSR count). The Labute approximate surface area is 120 Å². The highest BCUT2D eigenvalue weighted by molar-refractivity contribution is 5.64. The fourth-order valence-electron chi connectivity index (χ4n) is 3.06. The fourth-order valence-corrected chi connectivity index (χ4v) is 3.06. The minimum atomic E-state index is -0.318. The van der Waals surface area contributed by atoms with Crippen molar-refractivity contribution in [3.8, 4) is 0 Å². The van der Waals surface area contributed by atoms with Gasteiger partial charge in [0.1, 0.15) is 0 Å². The van der Waals surface area contributed by atoms with E-state index in [4.69, 9.17) is 0 Å². The van der Waals surface area contributed by atoms with E-state index in [-0.39, 0.29) is 10.6 Å². The van der Waals surface area contributed by atoms with Crippen molar-refractivity contribution in [2.24, 2.45) is 11.8 Å². The van der Waals surface area contributed by atoms with Crippen molar-refractivity contribution in [1.29, 1.82) is 0 Å². The standard InChI is InChI=1S/C15H23N3O2/c1-4-16-13-6-14(8-15(7-13)18(19)20)17-9-11(2)5-12(3)10-17/h6-8,11-12,16H,4-5,9-10H2,1-3H3. The van der Waals surface area contributed by atoms with Crippen LogP contribution in [0, 0.1) is 22.0 Å². The Morgan fingerprint density at radius 3 is 2.50 bits per heavy atom. The van der Waals surface area contributed by atoms with Crippen LogP contribution in [0.4, 0.5) is 17.1 Å². The molecule has 110 valence electrons. The summed E-state index contributed by atoms with van der Waals surface area (Å²) in [5, 5.41) is 14.3. The van der Waals surface area contributed by atoms with E-state index in [9.17, 15) is 10.1 Å². The second kappa shape index (κ2) is 6.11. The van der Waals surface area contributed by atoms with Crippen LogP contribution in [0.25, 0.3) is 0 Å². The van der Waals surface area contributed by atoms with E-state index in [0.29, 0.717) is 11.8 Å². The Kier molecular flexibility index (Phi) is 4.47. The first kappa shape index (κ1) is 14.6. The molecule has 5 heteroatoms. The number of nitrogens with one attached hydrogen (secondary N) is 1. The van der Waals surface area contributed by atoms with E-state index in [1.807, 2.05) is 13.0 Å². The largest absolute Gasteiger partial charge is 0.385 e. The van der Waals surface area contributed by atoms with E-state index >= 15 is 0 Å². The van der Waals surface area contributed by atoms with Gasteiger partial charge in [-0.15, -0.1) is 0 Å². The number of nitro groups is 1. The first-order valence-electron chi connectivity index (χ1n) is 7.28. The van der Waals surface area contributed by atoms with Crippen LogP contribution < -0.4 is 10.2 Å². The molecule has 0 amide bonds. The average Bonchev–Trinajstić information content (AvgIpc) is 2.37. The molecule has 1 fully saturated rings. The lowest BCUT2D eigenvalue weighted by atomic mass is 9.91. The lowest BCUT2D eigenvalue weighted by molar-refractivity contribution is -0.384. The molecule has 0 radical (unpaired) electrons. The maximum absolute atomic E-state index is 11.1. The molecule has 5 nitrogen and oxygen atoms in total. The summed E-state index contributed by atoms with van der Waals surface area (Å²) in [6.45, 7) is 9.17. The normalized spacial score (nSPS) is 22.6. The Hall–Kier alpha value is -1.78. The van der Waals surface area contributed by atoms with Gasteiger partial charge in [-0.2, -0.15) is 0 Å². The molecule has 0 saturated carbocycles. The number of anilines is 2. The summed E-state index contributed by atoms with van der Waals surface area (Å²) in [6.07, 6.45) is 1.23. The van der Waals surface area contributed by atoms with Crippen LogP contribution >= 0.6 is 0 Å². The number of hydrogen-bond acceptors (Lipinski definition) is 4. The summed E-state index contributed by atoms with van der Waals surface area (Å²) < 4.78 is 0. The molecule has 1 saturated heterocycles. The lowest BCUT2D eigenvalue weighted by Crippen LogP contribution is -2.38. The van der Waals surface area contributed by atoms with Gasteiger partial charge in [0.2, 0.25) is 0 Å². The highest BCUT2D eigenvalue weighted by Gasteiger charge is 2.23. The highest BCUT2D eigenvalue weighted by atomic mass is 16.6.